The summed E-state index contributed by atoms with van der Waals surface area (Å²) in [5.41, 5.74) is 0.466. The summed E-state index contributed by atoms with van der Waals surface area (Å²) in [7, 11) is 0. The van der Waals surface area contributed by atoms with Crippen LogP contribution in [-0.2, 0) is 17.6 Å². The topological polar surface area (TPSA) is 85.5 Å². The van der Waals surface area contributed by atoms with Crippen LogP contribution in [0.1, 0.15) is 17.3 Å². The lowest BCUT2D eigenvalue weighted by Crippen LogP contribution is -2.33. The van der Waals surface area contributed by atoms with Gasteiger partial charge < -0.3 is 14.4 Å². The molecule has 0 aliphatic rings. The molecule has 0 spiro atoms. The summed E-state index contributed by atoms with van der Waals surface area (Å²) in [5.74, 6) is -1.30. The van der Waals surface area contributed by atoms with E-state index >= 15 is 0 Å². The Balaban J connectivity index is 1.99. The summed E-state index contributed by atoms with van der Waals surface area (Å²) in [6.45, 7) is 3.34. The van der Waals surface area contributed by atoms with Crippen molar-refractivity contribution in [2.45, 2.75) is 25.4 Å². The molecule has 6 nitrogen and oxygen atoms in total. The van der Waals surface area contributed by atoms with Gasteiger partial charge in [0, 0.05) is 12.0 Å². The van der Waals surface area contributed by atoms with Gasteiger partial charge in [0.15, 0.2) is 5.82 Å². The van der Waals surface area contributed by atoms with Crippen LogP contribution in [0.4, 0.5) is 17.6 Å². The molecule has 0 bridgehead atoms. The fourth-order valence-electron chi connectivity index (χ4n) is 1.75. The van der Waals surface area contributed by atoms with Gasteiger partial charge in [-0.15, -0.1) is 0 Å². The number of aromatic nitrogens is 2. The van der Waals surface area contributed by atoms with E-state index in [4.69, 9.17) is 9.63 Å². The molecule has 2 aromatic rings. The highest BCUT2D eigenvalue weighted by Gasteiger charge is 2.43. The minimum atomic E-state index is -4.57. The zero-order chi connectivity index (χ0) is 18.6. The number of hydrogen-bond acceptors (Lipinski definition) is 5. The highest BCUT2D eigenvalue weighted by molar-refractivity contribution is 5.86. The normalized spacial score (nSPS) is 11.6. The smallest absolute Gasteiger partial charge is 0.461 e. The Morgan fingerprint density at radius 2 is 1.96 bits per heavy atom. The number of ether oxygens (including phenoxy) is 1. The molecule has 0 atom stereocenters. The predicted molar refractivity (Wildman–Crippen MR) is 75.6 cm³/mol. The predicted octanol–water partition coefficient (Wildman–Crippen LogP) is 3.08. The molecule has 0 aliphatic heterocycles. The van der Waals surface area contributed by atoms with Gasteiger partial charge in [-0.2, -0.15) is 22.5 Å². The quantitative estimate of drug-likeness (QED) is 0.575. The second kappa shape index (κ2) is 7.32. The van der Waals surface area contributed by atoms with E-state index in [1.54, 1.807) is 0 Å². The van der Waals surface area contributed by atoms with Crippen LogP contribution in [-0.4, -0.2) is 33.8 Å². The van der Waals surface area contributed by atoms with Crippen LogP contribution in [0.3, 0.4) is 0 Å². The Labute approximate surface area is 138 Å². The number of hydrogen-bond donors (Lipinski definition) is 1. The third-order valence-electron chi connectivity index (χ3n) is 2.97. The second-order valence-electron chi connectivity index (χ2n) is 4.98. The maximum Gasteiger partial charge on any atom is 0.461 e. The highest BCUT2D eigenvalue weighted by atomic mass is 19.3. The molecule has 1 N–H and O–H groups in total. The SMILES string of the molecule is C=C(Cc1nc(Cc2ccc(OC(F)(F)C(F)F)cc2)no1)C(=O)O. The summed E-state index contributed by atoms with van der Waals surface area (Å²) in [6.07, 6.45) is -8.46. The van der Waals surface area contributed by atoms with Gasteiger partial charge in [0.05, 0.1) is 6.42 Å². The van der Waals surface area contributed by atoms with Crippen molar-refractivity contribution in [1.29, 1.82) is 0 Å². The monoisotopic (exact) mass is 360 g/mol. The second-order valence-corrected chi connectivity index (χ2v) is 4.98. The Morgan fingerprint density at radius 1 is 1.32 bits per heavy atom. The molecule has 134 valence electrons. The maximum atomic E-state index is 12.8. The van der Waals surface area contributed by atoms with Crippen LogP contribution in [0, 0.1) is 0 Å². The fraction of sp³-hybridized carbons (Fsp3) is 0.267. The number of alkyl halides is 4. The fourth-order valence-corrected chi connectivity index (χ4v) is 1.75. The van der Waals surface area contributed by atoms with Crippen LogP contribution < -0.4 is 4.74 Å². The van der Waals surface area contributed by atoms with Gasteiger partial charge in [-0.1, -0.05) is 23.9 Å². The average molecular weight is 360 g/mol. The Bertz CT molecular complexity index is 759. The lowest BCUT2D eigenvalue weighted by atomic mass is 10.1. The first-order chi connectivity index (χ1) is 11.7. The summed E-state index contributed by atoms with van der Waals surface area (Å²) >= 11 is 0. The molecule has 0 saturated heterocycles. The third-order valence-corrected chi connectivity index (χ3v) is 2.97. The van der Waals surface area contributed by atoms with E-state index in [0.29, 0.717) is 5.56 Å². The van der Waals surface area contributed by atoms with Gasteiger partial charge in [0.25, 0.3) is 0 Å². The number of halogens is 4. The number of nitrogens with zero attached hydrogens (tertiary/aromatic N) is 2. The number of carboxylic acids is 1. The summed E-state index contributed by atoms with van der Waals surface area (Å²) in [6, 6.07) is 4.98. The number of carbonyl (C=O) groups is 1. The van der Waals surface area contributed by atoms with Crippen LogP contribution in [0.2, 0.25) is 0 Å². The zero-order valence-corrected chi connectivity index (χ0v) is 12.6. The largest absolute Gasteiger partial charge is 0.478 e. The average Bonchev–Trinajstić information content (AvgIpc) is 2.95. The molecule has 1 aromatic carbocycles. The van der Waals surface area contributed by atoms with E-state index in [1.165, 1.54) is 12.1 Å². The van der Waals surface area contributed by atoms with Crippen molar-refractivity contribution in [3.05, 3.63) is 53.7 Å². The van der Waals surface area contributed by atoms with E-state index < -0.39 is 24.3 Å². The van der Waals surface area contributed by atoms with Crippen molar-refractivity contribution in [1.82, 2.24) is 10.1 Å². The summed E-state index contributed by atoms with van der Waals surface area (Å²) < 4.78 is 58.5. The van der Waals surface area contributed by atoms with E-state index in [9.17, 15) is 22.4 Å². The first kappa shape index (κ1) is 18.4. The first-order valence-electron chi connectivity index (χ1n) is 6.84. The molecular formula is C15H12F4N2O4. The lowest BCUT2D eigenvalue weighted by molar-refractivity contribution is -0.253. The number of benzene rings is 1. The molecule has 0 fully saturated rings. The Morgan fingerprint density at radius 3 is 2.52 bits per heavy atom. The molecule has 0 saturated carbocycles. The highest BCUT2D eigenvalue weighted by Crippen LogP contribution is 2.27. The molecule has 0 amide bonds. The van der Waals surface area contributed by atoms with Gasteiger partial charge >= 0.3 is 18.5 Å². The van der Waals surface area contributed by atoms with Crippen LogP contribution in [0.25, 0.3) is 0 Å². The van der Waals surface area contributed by atoms with E-state index in [1.807, 2.05) is 0 Å². The minimum absolute atomic E-state index is 0.0685. The van der Waals surface area contributed by atoms with Crippen molar-refractivity contribution < 1.29 is 36.7 Å². The minimum Gasteiger partial charge on any atom is -0.478 e. The van der Waals surface area contributed by atoms with Gasteiger partial charge in [0.1, 0.15) is 5.75 Å². The first-order valence-corrected chi connectivity index (χ1v) is 6.84. The van der Waals surface area contributed by atoms with Gasteiger partial charge in [0.2, 0.25) is 5.89 Å². The molecule has 0 radical (unpaired) electrons. The van der Waals surface area contributed by atoms with Crippen LogP contribution in [0.15, 0.2) is 40.9 Å². The van der Waals surface area contributed by atoms with E-state index in [0.717, 1.165) is 12.1 Å². The lowest BCUT2D eigenvalue weighted by Gasteiger charge is -2.16. The van der Waals surface area contributed by atoms with Crippen molar-refractivity contribution >= 4 is 5.97 Å². The van der Waals surface area contributed by atoms with Crippen molar-refractivity contribution in [2.75, 3.05) is 0 Å². The number of aliphatic carboxylic acids is 1. The number of rotatable bonds is 8. The van der Waals surface area contributed by atoms with Gasteiger partial charge in [-0.3, -0.25) is 0 Å². The number of carboxylic acid groups (broad SMARTS) is 1. The molecule has 10 heteroatoms. The van der Waals surface area contributed by atoms with Crippen molar-refractivity contribution in [2.24, 2.45) is 0 Å². The van der Waals surface area contributed by atoms with Gasteiger partial charge in [-0.05, 0) is 17.7 Å². The molecule has 1 heterocycles. The van der Waals surface area contributed by atoms with Crippen LogP contribution >= 0.6 is 0 Å². The van der Waals surface area contributed by atoms with Crippen LogP contribution in [0.5, 0.6) is 5.75 Å². The molecule has 0 unspecified atom stereocenters. The molecule has 0 aliphatic carbocycles. The summed E-state index contributed by atoms with van der Waals surface area (Å²) in [5, 5.41) is 12.4. The van der Waals surface area contributed by atoms with E-state index in [2.05, 4.69) is 21.5 Å². The van der Waals surface area contributed by atoms with Gasteiger partial charge in [-0.25, -0.2) is 4.79 Å². The van der Waals surface area contributed by atoms with Crippen molar-refractivity contribution in [3.63, 3.8) is 0 Å². The molecule has 1 aromatic heterocycles. The molecule has 2 rings (SSSR count). The van der Waals surface area contributed by atoms with E-state index in [-0.39, 0.29) is 30.1 Å². The maximum absolute atomic E-state index is 12.8. The Kier molecular flexibility index (Phi) is 5.40. The zero-order valence-electron chi connectivity index (χ0n) is 12.6. The summed E-state index contributed by atoms with van der Waals surface area (Å²) in [4.78, 5) is 14.7. The third kappa shape index (κ3) is 5.03. The molecular weight excluding hydrogens is 348 g/mol. The standard InChI is InChI=1S/C15H12F4N2O4/c1-8(13(22)23)6-12-20-11(21-25-12)7-9-2-4-10(5-3-9)24-15(18,19)14(16)17/h2-5,14H,1,6-7H2,(H,22,23). The van der Waals surface area contributed by atoms with Crippen molar-refractivity contribution in [3.8, 4) is 5.75 Å². The molecule has 25 heavy (non-hydrogen) atoms. The Hall–Kier alpha value is -2.91.